The quantitative estimate of drug-likeness (QED) is 0.537. The molecule has 1 aliphatic rings. The Labute approximate surface area is 176 Å². The van der Waals surface area contributed by atoms with Gasteiger partial charge in [0.25, 0.3) is 0 Å². The molecular formula is C25H24ClNO2. The highest BCUT2D eigenvalue weighted by Gasteiger charge is 2.42. The second kappa shape index (κ2) is 7.57. The summed E-state index contributed by atoms with van der Waals surface area (Å²) in [6.07, 6.45) is 0.783. The molecule has 0 amide bonds. The summed E-state index contributed by atoms with van der Waals surface area (Å²) in [7, 11) is 0. The zero-order valence-corrected chi connectivity index (χ0v) is 17.6. The fourth-order valence-corrected chi connectivity index (χ4v) is 4.66. The number of carbonyl (C=O) groups excluding carboxylic acids is 1. The number of nitrogens with one attached hydrogen (secondary N) is 1. The van der Waals surface area contributed by atoms with Crippen molar-refractivity contribution in [2.24, 2.45) is 0 Å². The third kappa shape index (κ3) is 3.40. The van der Waals surface area contributed by atoms with Gasteiger partial charge in [-0.3, -0.25) is 0 Å². The topological polar surface area (TPSA) is 38.3 Å². The summed E-state index contributed by atoms with van der Waals surface area (Å²) < 4.78 is 5.13. The lowest BCUT2D eigenvalue weighted by Gasteiger charge is -2.34. The van der Waals surface area contributed by atoms with Crippen molar-refractivity contribution in [2.45, 2.75) is 32.7 Å². The Morgan fingerprint density at radius 1 is 1.07 bits per heavy atom. The third-order valence-electron chi connectivity index (χ3n) is 5.60. The lowest BCUT2D eigenvalue weighted by molar-refractivity contribution is 0.0526. The molecule has 0 aromatic heterocycles. The van der Waals surface area contributed by atoms with Crippen molar-refractivity contribution in [1.29, 1.82) is 0 Å². The number of fused-ring (bicyclic) bond motifs is 1. The number of para-hydroxylation sites is 1. The van der Waals surface area contributed by atoms with Gasteiger partial charge in [0, 0.05) is 22.7 Å². The number of hydrogen-bond donors (Lipinski definition) is 1. The van der Waals surface area contributed by atoms with Crippen LogP contribution < -0.4 is 5.32 Å². The van der Waals surface area contributed by atoms with Crippen LogP contribution in [0.1, 0.15) is 45.1 Å². The number of halogens is 1. The van der Waals surface area contributed by atoms with Crippen LogP contribution in [0.25, 0.3) is 0 Å². The number of aryl methyl sites for hydroxylation is 2. The molecule has 3 aromatic carbocycles. The first-order valence-electron chi connectivity index (χ1n) is 9.85. The highest BCUT2D eigenvalue weighted by molar-refractivity contribution is 6.32. The fourth-order valence-electron chi connectivity index (χ4n) is 4.32. The predicted octanol–water partition coefficient (Wildman–Crippen LogP) is 6.05. The molecule has 0 bridgehead atoms. The lowest BCUT2D eigenvalue weighted by Crippen LogP contribution is -2.36. The van der Waals surface area contributed by atoms with Crippen molar-refractivity contribution < 1.29 is 9.53 Å². The Hall–Kier alpha value is -2.78. The van der Waals surface area contributed by atoms with Crippen LogP contribution >= 0.6 is 11.6 Å². The molecule has 1 aliphatic heterocycles. The van der Waals surface area contributed by atoms with Crippen LogP contribution in [-0.2, 0) is 16.7 Å². The summed E-state index contributed by atoms with van der Waals surface area (Å²) in [5.41, 5.74) is 6.89. The molecule has 1 heterocycles. The minimum Gasteiger partial charge on any atom is -0.462 e. The van der Waals surface area contributed by atoms with Gasteiger partial charge >= 0.3 is 5.97 Å². The van der Waals surface area contributed by atoms with Crippen molar-refractivity contribution in [3.8, 4) is 0 Å². The Morgan fingerprint density at radius 3 is 2.52 bits per heavy atom. The van der Waals surface area contributed by atoms with Gasteiger partial charge in [-0.25, -0.2) is 4.79 Å². The fraction of sp³-hybridized carbons (Fsp3) is 0.240. The molecule has 1 N–H and O–H groups in total. The van der Waals surface area contributed by atoms with E-state index in [-0.39, 0.29) is 5.97 Å². The molecule has 0 saturated heterocycles. The van der Waals surface area contributed by atoms with Crippen LogP contribution in [0.15, 0.2) is 60.7 Å². The molecule has 4 heteroatoms. The number of esters is 1. The second-order valence-electron chi connectivity index (χ2n) is 7.60. The number of ether oxygens (including phenoxy) is 1. The lowest BCUT2D eigenvalue weighted by atomic mass is 9.78. The van der Waals surface area contributed by atoms with Gasteiger partial charge in [-0.15, -0.1) is 0 Å². The molecule has 0 radical (unpaired) electrons. The maximum atomic E-state index is 12.2. The van der Waals surface area contributed by atoms with Crippen LogP contribution in [0.3, 0.4) is 0 Å². The number of anilines is 1. The minimum atomic E-state index is -0.494. The Kier molecular flexibility index (Phi) is 5.10. The van der Waals surface area contributed by atoms with Crippen LogP contribution in [0.4, 0.5) is 5.69 Å². The maximum absolute atomic E-state index is 12.2. The summed E-state index contributed by atoms with van der Waals surface area (Å²) in [5.74, 6) is -0.357. The van der Waals surface area contributed by atoms with E-state index in [1.54, 1.807) is 19.1 Å². The average molecular weight is 406 g/mol. The Balaban J connectivity index is 1.88. The highest BCUT2D eigenvalue weighted by atomic mass is 35.5. The van der Waals surface area contributed by atoms with Crippen molar-refractivity contribution in [3.05, 3.63) is 99.1 Å². The largest absolute Gasteiger partial charge is 0.462 e. The van der Waals surface area contributed by atoms with Gasteiger partial charge in [0.15, 0.2) is 0 Å². The molecule has 4 rings (SSSR count). The first-order chi connectivity index (χ1) is 13.9. The summed E-state index contributed by atoms with van der Waals surface area (Å²) in [6.45, 7) is 6.36. The summed E-state index contributed by atoms with van der Waals surface area (Å²) >= 11 is 6.77. The van der Waals surface area contributed by atoms with E-state index in [0.29, 0.717) is 17.2 Å². The molecule has 1 unspecified atom stereocenters. The van der Waals surface area contributed by atoms with Gasteiger partial charge < -0.3 is 10.1 Å². The average Bonchev–Trinajstić information content (AvgIpc) is 3.08. The Morgan fingerprint density at radius 2 is 1.83 bits per heavy atom. The van der Waals surface area contributed by atoms with Crippen LogP contribution in [-0.4, -0.2) is 12.6 Å². The molecule has 29 heavy (non-hydrogen) atoms. The van der Waals surface area contributed by atoms with Crippen molar-refractivity contribution in [1.82, 2.24) is 0 Å². The van der Waals surface area contributed by atoms with Crippen LogP contribution in [0, 0.1) is 13.8 Å². The monoisotopic (exact) mass is 405 g/mol. The van der Waals surface area contributed by atoms with E-state index in [2.05, 4.69) is 55.6 Å². The molecule has 0 saturated carbocycles. The van der Waals surface area contributed by atoms with Gasteiger partial charge in [0.2, 0.25) is 0 Å². The molecule has 3 nitrogen and oxygen atoms in total. The smallest absolute Gasteiger partial charge is 0.338 e. The van der Waals surface area contributed by atoms with Crippen molar-refractivity contribution in [3.63, 3.8) is 0 Å². The minimum absolute atomic E-state index is 0.335. The van der Waals surface area contributed by atoms with E-state index in [1.807, 2.05) is 12.1 Å². The zero-order valence-electron chi connectivity index (χ0n) is 16.9. The van der Waals surface area contributed by atoms with E-state index in [9.17, 15) is 4.79 Å². The SMILES string of the molecule is CCOC(=O)c1ccc(C2(c3ccc(C)cc3C)Cc3ccccc3N2)c(Cl)c1. The number of hydrogen-bond acceptors (Lipinski definition) is 3. The maximum Gasteiger partial charge on any atom is 0.338 e. The van der Waals surface area contributed by atoms with Gasteiger partial charge in [-0.2, -0.15) is 0 Å². The Bertz CT molecular complexity index is 1060. The molecule has 0 fully saturated rings. The highest BCUT2D eigenvalue weighted by Crippen LogP contribution is 2.47. The third-order valence-corrected chi connectivity index (χ3v) is 5.92. The standard InChI is InChI=1S/C25H24ClNO2/c1-4-29-24(28)18-10-12-21(22(26)14-18)25(20-11-9-16(2)13-17(20)3)15-19-7-5-6-8-23(19)27-25/h5-14,27H,4,15H2,1-3H3. The normalized spacial score (nSPS) is 17.5. The van der Waals surface area contributed by atoms with E-state index >= 15 is 0 Å². The molecule has 3 aromatic rings. The van der Waals surface area contributed by atoms with Gasteiger partial charge in [-0.1, -0.05) is 59.6 Å². The first kappa shape index (κ1) is 19.5. The van der Waals surface area contributed by atoms with E-state index in [4.69, 9.17) is 16.3 Å². The molecular weight excluding hydrogens is 382 g/mol. The van der Waals surface area contributed by atoms with E-state index in [1.165, 1.54) is 22.3 Å². The molecule has 0 spiro atoms. The summed E-state index contributed by atoms with van der Waals surface area (Å²) in [4.78, 5) is 12.2. The number of carbonyl (C=O) groups is 1. The molecule has 1 atom stereocenters. The predicted molar refractivity (Wildman–Crippen MR) is 118 cm³/mol. The number of rotatable bonds is 4. The van der Waals surface area contributed by atoms with E-state index < -0.39 is 5.54 Å². The van der Waals surface area contributed by atoms with Crippen molar-refractivity contribution >= 4 is 23.3 Å². The molecule has 0 aliphatic carbocycles. The van der Waals surface area contributed by atoms with Gasteiger partial charge in [-0.05, 0) is 55.7 Å². The first-order valence-corrected chi connectivity index (χ1v) is 10.2. The molecule has 148 valence electrons. The number of benzene rings is 3. The van der Waals surface area contributed by atoms with Gasteiger partial charge in [0.1, 0.15) is 0 Å². The summed E-state index contributed by atoms with van der Waals surface area (Å²) in [5, 5.41) is 4.31. The summed E-state index contributed by atoms with van der Waals surface area (Å²) in [6, 6.07) is 20.3. The zero-order chi connectivity index (χ0) is 20.6. The van der Waals surface area contributed by atoms with Gasteiger partial charge in [0.05, 0.1) is 17.7 Å². The van der Waals surface area contributed by atoms with Crippen LogP contribution in [0.2, 0.25) is 5.02 Å². The second-order valence-corrected chi connectivity index (χ2v) is 8.00. The van der Waals surface area contributed by atoms with Crippen molar-refractivity contribution in [2.75, 3.05) is 11.9 Å². The van der Waals surface area contributed by atoms with Crippen LogP contribution in [0.5, 0.6) is 0 Å². The van der Waals surface area contributed by atoms with E-state index in [0.717, 1.165) is 17.7 Å².